The van der Waals surface area contributed by atoms with Gasteiger partial charge in [0.25, 0.3) is 5.91 Å². The molecule has 1 aromatic heterocycles. The van der Waals surface area contributed by atoms with E-state index in [1.807, 2.05) is 6.92 Å². The van der Waals surface area contributed by atoms with Crippen LogP contribution in [-0.4, -0.2) is 27.3 Å². The second-order valence-electron chi connectivity index (χ2n) is 7.93. The van der Waals surface area contributed by atoms with Gasteiger partial charge < -0.3 is 20.5 Å². The van der Waals surface area contributed by atoms with Crippen molar-refractivity contribution in [2.75, 3.05) is 10.6 Å². The molecule has 0 spiro atoms. The molecule has 0 fully saturated rings. The lowest BCUT2D eigenvalue weighted by molar-refractivity contribution is -0.274. The highest BCUT2D eigenvalue weighted by Crippen LogP contribution is 2.28. The summed E-state index contributed by atoms with van der Waals surface area (Å²) in [6.07, 6.45) is -3.89. The van der Waals surface area contributed by atoms with Gasteiger partial charge in [-0.3, -0.25) is 4.79 Å². The molecule has 3 aromatic carbocycles. The van der Waals surface area contributed by atoms with Crippen molar-refractivity contribution in [2.24, 2.45) is 0 Å². The Morgan fingerprint density at radius 3 is 2.38 bits per heavy atom. The highest BCUT2D eigenvalue weighted by atomic mass is 19.4. The van der Waals surface area contributed by atoms with Crippen LogP contribution in [-0.2, 0) is 6.61 Å². The molecule has 1 amide bonds. The van der Waals surface area contributed by atoms with Crippen molar-refractivity contribution >= 4 is 23.2 Å². The Morgan fingerprint density at radius 2 is 1.73 bits per heavy atom. The lowest BCUT2D eigenvalue weighted by atomic mass is 10.1. The molecule has 0 aliphatic carbocycles. The van der Waals surface area contributed by atoms with Crippen molar-refractivity contribution in [1.29, 1.82) is 0 Å². The van der Waals surface area contributed by atoms with Crippen LogP contribution in [0.2, 0.25) is 0 Å². The van der Waals surface area contributed by atoms with Crippen LogP contribution in [0.4, 0.5) is 34.9 Å². The number of alkyl halides is 3. The third kappa shape index (κ3) is 6.58. The Bertz CT molecular complexity index is 1410. The van der Waals surface area contributed by atoms with E-state index in [1.54, 1.807) is 42.5 Å². The Labute approximate surface area is 208 Å². The number of rotatable bonds is 7. The van der Waals surface area contributed by atoms with Crippen molar-refractivity contribution in [3.63, 3.8) is 0 Å². The molecule has 190 valence electrons. The summed E-state index contributed by atoms with van der Waals surface area (Å²) < 4.78 is 55.2. The number of halogens is 4. The van der Waals surface area contributed by atoms with Crippen molar-refractivity contribution in [2.45, 2.75) is 19.9 Å². The molecule has 37 heavy (non-hydrogen) atoms. The van der Waals surface area contributed by atoms with Crippen LogP contribution >= 0.6 is 0 Å². The molecule has 4 aromatic rings. The first-order valence-electron chi connectivity index (χ1n) is 10.9. The highest BCUT2D eigenvalue weighted by molar-refractivity contribution is 6.04. The Kier molecular flexibility index (Phi) is 7.35. The van der Waals surface area contributed by atoms with Gasteiger partial charge in [0.15, 0.2) is 5.82 Å². The number of aliphatic hydroxyl groups excluding tert-OH is 1. The zero-order valence-electron chi connectivity index (χ0n) is 19.3. The molecule has 7 nitrogen and oxygen atoms in total. The van der Waals surface area contributed by atoms with E-state index in [1.165, 1.54) is 12.1 Å². The number of aryl methyl sites for hydroxylation is 1. The number of aromatic nitrogens is 2. The van der Waals surface area contributed by atoms with Gasteiger partial charge in [0.2, 0.25) is 5.95 Å². The van der Waals surface area contributed by atoms with Crippen molar-refractivity contribution in [3.05, 3.63) is 95.4 Å². The SMILES string of the molecule is Cc1ccc(CO)cc1NC(=O)c1ccc(Nc2ncc(F)c(-c3ccc(OC(F)(F)F)cc3)n2)cc1. The number of hydrogen-bond donors (Lipinski definition) is 3. The minimum absolute atomic E-state index is 0.0423. The van der Waals surface area contributed by atoms with Crippen LogP contribution in [0.1, 0.15) is 21.5 Å². The van der Waals surface area contributed by atoms with Crippen LogP contribution < -0.4 is 15.4 Å². The third-order valence-corrected chi connectivity index (χ3v) is 5.24. The summed E-state index contributed by atoms with van der Waals surface area (Å²) >= 11 is 0. The summed E-state index contributed by atoms with van der Waals surface area (Å²) in [6, 6.07) is 16.3. The number of nitrogens with one attached hydrogen (secondary N) is 2. The van der Waals surface area contributed by atoms with Gasteiger partial charge in [-0.2, -0.15) is 0 Å². The average molecular weight is 512 g/mol. The van der Waals surface area contributed by atoms with Gasteiger partial charge in [0, 0.05) is 22.5 Å². The van der Waals surface area contributed by atoms with E-state index in [9.17, 15) is 27.5 Å². The smallest absolute Gasteiger partial charge is 0.406 e. The van der Waals surface area contributed by atoms with E-state index in [0.717, 1.165) is 23.9 Å². The summed E-state index contributed by atoms with van der Waals surface area (Å²) in [5, 5.41) is 15.0. The van der Waals surface area contributed by atoms with Gasteiger partial charge in [-0.15, -0.1) is 13.2 Å². The molecule has 0 atom stereocenters. The van der Waals surface area contributed by atoms with Crippen LogP contribution in [0.15, 0.2) is 72.9 Å². The van der Waals surface area contributed by atoms with Crippen LogP contribution in [0, 0.1) is 12.7 Å². The molecular weight excluding hydrogens is 492 g/mol. The summed E-state index contributed by atoms with van der Waals surface area (Å²) in [6.45, 7) is 1.69. The number of carbonyl (C=O) groups excluding carboxylic acids is 1. The van der Waals surface area contributed by atoms with Crippen molar-refractivity contribution < 1.29 is 32.2 Å². The molecule has 11 heteroatoms. The maximum Gasteiger partial charge on any atom is 0.573 e. The number of anilines is 3. The van der Waals surface area contributed by atoms with E-state index in [-0.39, 0.29) is 29.7 Å². The number of hydrogen-bond acceptors (Lipinski definition) is 6. The van der Waals surface area contributed by atoms with Crippen LogP contribution in [0.5, 0.6) is 5.75 Å². The fourth-order valence-corrected chi connectivity index (χ4v) is 3.37. The monoisotopic (exact) mass is 512 g/mol. The average Bonchev–Trinajstić information content (AvgIpc) is 2.86. The normalized spacial score (nSPS) is 11.2. The first-order valence-corrected chi connectivity index (χ1v) is 10.9. The topological polar surface area (TPSA) is 96.4 Å². The highest BCUT2D eigenvalue weighted by Gasteiger charge is 2.31. The zero-order valence-corrected chi connectivity index (χ0v) is 19.3. The minimum Gasteiger partial charge on any atom is -0.406 e. The van der Waals surface area contributed by atoms with Gasteiger partial charge in [0.1, 0.15) is 11.4 Å². The molecular formula is C26H20F4N4O3. The molecule has 0 aliphatic heterocycles. The molecule has 0 radical (unpaired) electrons. The summed E-state index contributed by atoms with van der Waals surface area (Å²) in [5.41, 5.74) is 3.10. The summed E-state index contributed by atoms with van der Waals surface area (Å²) in [7, 11) is 0. The largest absolute Gasteiger partial charge is 0.573 e. The fourth-order valence-electron chi connectivity index (χ4n) is 3.37. The number of benzene rings is 3. The Morgan fingerprint density at radius 1 is 1.03 bits per heavy atom. The molecule has 0 saturated heterocycles. The predicted octanol–water partition coefficient (Wildman–Crippen LogP) is 5.98. The number of nitrogens with zero attached hydrogens (tertiary/aromatic N) is 2. The first-order chi connectivity index (χ1) is 17.6. The Hall–Kier alpha value is -4.51. The number of aliphatic hydroxyl groups is 1. The number of carbonyl (C=O) groups is 1. The third-order valence-electron chi connectivity index (χ3n) is 5.24. The molecule has 0 saturated carbocycles. The summed E-state index contributed by atoms with van der Waals surface area (Å²) in [5.74, 6) is -1.50. The van der Waals surface area contributed by atoms with Gasteiger partial charge in [-0.1, -0.05) is 12.1 Å². The molecule has 0 unspecified atom stereocenters. The number of amides is 1. The lowest BCUT2D eigenvalue weighted by Crippen LogP contribution is -2.16. The molecule has 3 N–H and O–H groups in total. The minimum atomic E-state index is -4.83. The standard InChI is InChI=1S/C26H20F4N4O3/c1-15-2-3-16(14-35)12-22(15)33-24(36)18-4-8-19(9-5-18)32-25-31-13-21(27)23(34-25)17-6-10-20(11-7-17)37-26(28,29)30/h2-13,35H,14H2,1H3,(H,33,36)(H,31,32,34). The predicted molar refractivity (Wildman–Crippen MR) is 129 cm³/mol. The second kappa shape index (κ2) is 10.6. The van der Waals surface area contributed by atoms with Gasteiger partial charge in [0.05, 0.1) is 12.8 Å². The Balaban J connectivity index is 1.46. The van der Waals surface area contributed by atoms with E-state index >= 15 is 0 Å². The maximum absolute atomic E-state index is 14.3. The molecule has 0 aliphatic rings. The number of ether oxygens (including phenoxy) is 1. The molecule has 4 rings (SSSR count). The van der Waals surface area contributed by atoms with E-state index in [2.05, 4.69) is 25.3 Å². The maximum atomic E-state index is 14.3. The van der Waals surface area contributed by atoms with Gasteiger partial charge in [-0.25, -0.2) is 14.4 Å². The summed E-state index contributed by atoms with van der Waals surface area (Å²) in [4.78, 5) is 20.7. The van der Waals surface area contributed by atoms with Gasteiger partial charge >= 0.3 is 6.36 Å². The van der Waals surface area contributed by atoms with Gasteiger partial charge in [-0.05, 0) is 72.6 Å². The van der Waals surface area contributed by atoms with Crippen molar-refractivity contribution in [1.82, 2.24) is 9.97 Å². The first kappa shape index (κ1) is 25.6. The van der Waals surface area contributed by atoms with Crippen molar-refractivity contribution in [3.8, 4) is 17.0 Å². The lowest BCUT2D eigenvalue weighted by Gasteiger charge is -2.11. The zero-order chi connectivity index (χ0) is 26.6. The fraction of sp³-hybridized carbons (Fsp3) is 0.115. The van der Waals surface area contributed by atoms with E-state index < -0.39 is 17.9 Å². The van der Waals surface area contributed by atoms with E-state index in [0.29, 0.717) is 22.5 Å². The van der Waals surface area contributed by atoms with Crippen LogP contribution in [0.3, 0.4) is 0 Å². The second-order valence-corrected chi connectivity index (χ2v) is 7.93. The molecule has 0 bridgehead atoms. The van der Waals surface area contributed by atoms with E-state index in [4.69, 9.17) is 0 Å². The quantitative estimate of drug-likeness (QED) is 0.264. The molecule has 1 heterocycles. The van der Waals surface area contributed by atoms with Crippen LogP contribution in [0.25, 0.3) is 11.3 Å².